The van der Waals surface area contributed by atoms with E-state index in [0.29, 0.717) is 12.1 Å². The zero-order chi connectivity index (χ0) is 16.8. The fraction of sp³-hybridized carbons (Fsp3) is 0.312. The molecule has 2 rings (SSSR count). The van der Waals surface area contributed by atoms with Gasteiger partial charge < -0.3 is 20.5 Å². The number of nitrogens with two attached hydrogens (primary N) is 1. The molecule has 1 aromatic carbocycles. The molecule has 1 aromatic rings. The normalized spacial score (nSPS) is 17.7. The van der Waals surface area contributed by atoms with Gasteiger partial charge in [-0.05, 0) is 37.1 Å². The number of benzene rings is 1. The minimum atomic E-state index is -1.02. The molecular weight excluding hydrogens is 298 g/mol. The first kappa shape index (κ1) is 16.5. The molecule has 3 N–H and O–H groups in total. The van der Waals surface area contributed by atoms with Gasteiger partial charge in [-0.2, -0.15) is 0 Å². The van der Waals surface area contributed by atoms with Crippen LogP contribution in [0.25, 0.3) is 0 Å². The van der Waals surface area contributed by atoms with Crippen molar-refractivity contribution in [2.24, 2.45) is 4.99 Å². The van der Waals surface area contributed by atoms with Crippen molar-refractivity contribution < 1.29 is 19.1 Å². The van der Waals surface area contributed by atoms with Gasteiger partial charge >= 0.3 is 12.1 Å². The maximum Gasteiger partial charge on any atom is 0.516 e. The van der Waals surface area contributed by atoms with Crippen LogP contribution in [0.4, 0.5) is 10.5 Å². The third-order valence-electron chi connectivity index (χ3n) is 3.29. The molecule has 0 bridgehead atoms. The summed E-state index contributed by atoms with van der Waals surface area (Å²) in [4.78, 5) is 27.7. The fourth-order valence-electron chi connectivity index (χ4n) is 1.81. The predicted molar refractivity (Wildman–Crippen MR) is 85.6 cm³/mol. The van der Waals surface area contributed by atoms with Crippen LogP contribution in [0.1, 0.15) is 32.0 Å². The molecule has 23 heavy (non-hydrogen) atoms. The van der Waals surface area contributed by atoms with Gasteiger partial charge in [-0.25, -0.2) is 9.59 Å². The number of nitrogens with one attached hydrogen (secondary N) is 1. The van der Waals surface area contributed by atoms with Crippen molar-refractivity contribution in [3.63, 3.8) is 0 Å². The highest BCUT2D eigenvalue weighted by molar-refractivity contribution is 5.98. The van der Waals surface area contributed by atoms with Crippen LogP contribution in [0.3, 0.4) is 0 Å². The number of anilines is 1. The van der Waals surface area contributed by atoms with Crippen molar-refractivity contribution in [1.29, 1.82) is 0 Å². The average molecular weight is 317 g/mol. The summed E-state index contributed by atoms with van der Waals surface area (Å²) in [5.74, 6) is -0.815. The molecule has 0 radical (unpaired) electrons. The van der Waals surface area contributed by atoms with Crippen molar-refractivity contribution in [3.05, 3.63) is 41.6 Å². The van der Waals surface area contributed by atoms with E-state index in [9.17, 15) is 9.59 Å². The van der Waals surface area contributed by atoms with Gasteiger partial charge in [0.1, 0.15) is 18.0 Å². The zero-order valence-corrected chi connectivity index (χ0v) is 13.0. The fourth-order valence-corrected chi connectivity index (χ4v) is 1.81. The Balaban J connectivity index is 1.97. The second-order valence-corrected chi connectivity index (χ2v) is 5.07. The monoisotopic (exact) mass is 317 g/mol. The molecule has 0 saturated heterocycles. The average Bonchev–Trinajstić information content (AvgIpc) is 2.55. The largest absolute Gasteiger partial charge is 0.516 e. The maximum absolute atomic E-state index is 12.0. The van der Waals surface area contributed by atoms with E-state index >= 15 is 0 Å². The number of nitrogen functional groups attached to an aromatic ring is 1. The molecule has 1 aliphatic heterocycles. The smallest absolute Gasteiger partial charge is 0.431 e. The number of carbonyl (C=O) groups is 2. The molecule has 1 aliphatic rings. The van der Waals surface area contributed by atoms with Crippen LogP contribution >= 0.6 is 0 Å². The number of esters is 1. The molecule has 0 aliphatic carbocycles. The minimum Gasteiger partial charge on any atom is -0.431 e. The molecule has 0 amide bonds. The van der Waals surface area contributed by atoms with Crippen molar-refractivity contribution in [1.82, 2.24) is 5.32 Å². The van der Waals surface area contributed by atoms with E-state index in [1.807, 2.05) is 6.92 Å². The second-order valence-electron chi connectivity index (χ2n) is 5.07. The Labute approximate surface area is 134 Å². The lowest BCUT2D eigenvalue weighted by molar-refractivity contribution is -0.136. The Bertz CT molecular complexity index is 637. The van der Waals surface area contributed by atoms with Crippen LogP contribution in [0.2, 0.25) is 0 Å². The molecular formula is C16H19N3O4. The van der Waals surface area contributed by atoms with Gasteiger partial charge in [0.25, 0.3) is 0 Å². The van der Waals surface area contributed by atoms with E-state index < -0.39 is 18.3 Å². The van der Waals surface area contributed by atoms with Gasteiger partial charge in [0.2, 0.25) is 0 Å². The van der Waals surface area contributed by atoms with E-state index in [0.717, 1.165) is 5.56 Å². The van der Waals surface area contributed by atoms with Crippen molar-refractivity contribution in [2.75, 3.05) is 5.73 Å². The summed E-state index contributed by atoms with van der Waals surface area (Å²) in [6, 6.07) is 7.09. The van der Waals surface area contributed by atoms with E-state index in [1.54, 1.807) is 31.2 Å². The van der Waals surface area contributed by atoms with E-state index in [1.165, 1.54) is 12.3 Å². The number of hydrogen-bond acceptors (Lipinski definition) is 7. The molecule has 0 spiro atoms. The summed E-state index contributed by atoms with van der Waals surface area (Å²) in [5, 5.41) is 2.90. The van der Waals surface area contributed by atoms with E-state index in [-0.39, 0.29) is 11.8 Å². The molecule has 7 nitrogen and oxygen atoms in total. The van der Waals surface area contributed by atoms with E-state index in [4.69, 9.17) is 10.5 Å². The quantitative estimate of drug-likeness (QED) is 0.502. The number of carbonyl (C=O) groups excluding carboxylic acids is 2. The van der Waals surface area contributed by atoms with Gasteiger partial charge in [-0.1, -0.05) is 19.1 Å². The minimum absolute atomic E-state index is 0.128. The van der Waals surface area contributed by atoms with Crippen molar-refractivity contribution in [2.45, 2.75) is 32.5 Å². The van der Waals surface area contributed by atoms with Crippen LogP contribution < -0.4 is 11.1 Å². The Hall–Kier alpha value is -2.83. The highest BCUT2D eigenvalue weighted by Crippen LogP contribution is 2.19. The Morgan fingerprint density at radius 3 is 2.70 bits per heavy atom. The molecule has 7 heteroatoms. The first-order valence-corrected chi connectivity index (χ1v) is 7.27. The molecule has 122 valence electrons. The Morgan fingerprint density at radius 1 is 1.35 bits per heavy atom. The maximum atomic E-state index is 12.0. The molecule has 2 unspecified atom stereocenters. The third kappa shape index (κ3) is 4.57. The number of aliphatic imine (C=N–C) groups is 1. The third-order valence-corrected chi connectivity index (χ3v) is 3.29. The Kier molecular flexibility index (Phi) is 5.35. The summed E-state index contributed by atoms with van der Waals surface area (Å²) in [7, 11) is 0. The summed E-state index contributed by atoms with van der Waals surface area (Å²) >= 11 is 0. The number of hydrogen-bond donors (Lipinski definition) is 2. The van der Waals surface area contributed by atoms with Crippen LogP contribution in [-0.2, 0) is 14.3 Å². The second kappa shape index (κ2) is 7.44. The first-order valence-electron chi connectivity index (χ1n) is 7.27. The van der Waals surface area contributed by atoms with Gasteiger partial charge in [-0.15, -0.1) is 0 Å². The molecule has 0 saturated carbocycles. The number of nitrogens with zero attached hydrogens (tertiary/aromatic N) is 1. The summed E-state index contributed by atoms with van der Waals surface area (Å²) < 4.78 is 9.55. The van der Waals surface area contributed by atoms with Crippen molar-refractivity contribution in [3.8, 4) is 0 Å². The number of ether oxygens (including phenoxy) is 2. The number of allylic oxidation sites excluding steroid dienone is 1. The number of rotatable bonds is 4. The predicted octanol–water partition coefficient (Wildman–Crippen LogP) is 2.30. The van der Waals surface area contributed by atoms with Crippen LogP contribution in [-0.4, -0.2) is 24.4 Å². The lowest BCUT2D eigenvalue weighted by Crippen LogP contribution is -2.30. The lowest BCUT2D eigenvalue weighted by atomic mass is 10.1. The molecule has 0 aromatic heterocycles. The van der Waals surface area contributed by atoms with Crippen LogP contribution in [0.15, 0.2) is 41.0 Å². The topological polar surface area (TPSA) is 103 Å². The molecule has 1 heterocycles. The van der Waals surface area contributed by atoms with Gasteiger partial charge in [0.15, 0.2) is 0 Å². The van der Waals surface area contributed by atoms with E-state index in [2.05, 4.69) is 15.0 Å². The lowest BCUT2D eigenvalue weighted by Gasteiger charge is -2.20. The van der Waals surface area contributed by atoms with Crippen molar-refractivity contribution >= 4 is 24.0 Å². The van der Waals surface area contributed by atoms with Gasteiger partial charge in [-0.3, -0.25) is 4.99 Å². The first-order chi connectivity index (χ1) is 11.0. The van der Waals surface area contributed by atoms with Gasteiger partial charge in [0, 0.05) is 11.9 Å². The zero-order valence-electron chi connectivity index (χ0n) is 13.0. The summed E-state index contributed by atoms with van der Waals surface area (Å²) in [6.07, 6.45) is 1.77. The van der Waals surface area contributed by atoms with Gasteiger partial charge in [0.05, 0.1) is 0 Å². The van der Waals surface area contributed by atoms with Crippen LogP contribution in [0, 0.1) is 0 Å². The standard InChI is InChI=1S/C16H19N3O4/c1-3-10(2)22-16(21)23-15(20)13-8-9-18-14(19-13)11-4-6-12(17)7-5-11/h4-10,14,19H,3,17H2,1-2H3. The Morgan fingerprint density at radius 2 is 2.04 bits per heavy atom. The molecule has 2 atom stereocenters. The summed E-state index contributed by atoms with van der Waals surface area (Å²) in [6.45, 7) is 3.58. The summed E-state index contributed by atoms with van der Waals surface area (Å²) in [5.41, 5.74) is 7.23. The van der Waals surface area contributed by atoms with Crippen LogP contribution in [0.5, 0.6) is 0 Å². The SMILES string of the molecule is CCC(C)OC(=O)OC(=O)C1=CC=NC(c2ccc(N)cc2)N1. The molecule has 0 fully saturated rings. The highest BCUT2D eigenvalue weighted by Gasteiger charge is 2.22. The highest BCUT2D eigenvalue weighted by atomic mass is 16.7.